The van der Waals surface area contributed by atoms with Crippen LogP contribution in [0.3, 0.4) is 0 Å². The van der Waals surface area contributed by atoms with Crippen molar-refractivity contribution in [3.8, 4) is 6.07 Å². The van der Waals surface area contributed by atoms with Crippen molar-refractivity contribution in [2.75, 3.05) is 6.54 Å². The lowest BCUT2D eigenvalue weighted by atomic mass is 10.2. The van der Waals surface area contributed by atoms with E-state index in [9.17, 15) is 13.6 Å². The average Bonchev–Trinajstić information content (AvgIpc) is 1.97. The van der Waals surface area contributed by atoms with Gasteiger partial charge >= 0.3 is 0 Å². The van der Waals surface area contributed by atoms with E-state index < -0.39 is 18.3 Å². The number of carbonyl (C=O) groups is 1. The van der Waals surface area contributed by atoms with E-state index in [1.165, 1.54) is 0 Å². The summed E-state index contributed by atoms with van der Waals surface area (Å²) in [4.78, 5) is 10.7. The molecule has 1 N–H and O–H groups in total. The first kappa shape index (κ1) is 11.6. The van der Waals surface area contributed by atoms with Crippen LogP contribution >= 0.6 is 0 Å². The number of nitrogens with zero attached hydrogens (tertiary/aromatic N) is 1. The molecule has 0 aromatic rings. The van der Waals surface area contributed by atoms with E-state index in [0.29, 0.717) is 6.92 Å². The van der Waals surface area contributed by atoms with E-state index in [1.807, 2.05) is 0 Å². The van der Waals surface area contributed by atoms with E-state index in [4.69, 9.17) is 5.26 Å². The van der Waals surface area contributed by atoms with E-state index in [2.05, 4.69) is 11.9 Å². The fraction of sp³-hybridized carbons (Fsp3) is 0.500. The molecule has 0 spiro atoms. The molecule has 0 saturated heterocycles. The van der Waals surface area contributed by atoms with Crippen LogP contribution in [0.2, 0.25) is 0 Å². The van der Waals surface area contributed by atoms with Crippen molar-refractivity contribution in [2.45, 2.75) is 19.3 Å². The smallest absolute Gasteiger partial charge is 0.254 e. The Morgan fingerprint density at radius 3 is 2.62 bits per heavy atom. The van der Waals surface area contributed by atoms with Gasteiger partial charge in [0, 0.05) is 5.57 Å². The highest BCUT2D eigenvalue weighted by Crippen LogP contribution is 2.15. The van der Waals surface area contributed by atoms with Crippen LogP contribution in [0.1, 0.15) is 13.3 Å². The first-order valence-corrected chi connectivity index (χ1v) is 3.57. The Balaban J connectivity index is 3.79. The van der Waals surface area contributed by atoms with Gasteiger partial charge in [0.25, 0.3) is 5.92 Å². The minimum Gasteiger partial charge on any atom is -0.351 e. The van der Waals surface area contributed by atoms with Gasteiger partial charge < -0.3 is 5.32 Å². The number of nitriles is 1. The number of nitrogens with one attached hydrogen (secondary N) is 1. The summed E-state index contributed by atoms with van der Waals surface area (Å²) < 4.78 is 24.5. The molecule has 13 heavy (non-hydrogen) atoms. The number of carbonyl (C=O) groups excluding carboxylic acids is 1. The van der Waals surface area contributed by atoms with Crippen molar-refractivity contribution in [3.63, 3.8) is 0 Å². The number of hydrogen-bond acceptors (Lipinski definition) is 2. The first-order chi connectivity index (χ1) is 5.85. The van der Waals surface area contributed by atoms with Gasteiger partial charge in [0.15, 0.2) is 0 Å². The Labute approximate surface area is 75.0 Å². The second-order valence-corrected chi connectivity index (χ2v) is 2.74. The van der Waals surface area contributed by atoms with Crippen LogP contribution in [-0.4, -0.2) is 18.4 Å². The van der Waals surface area contributed by atoms with Crippen LogP contribution in [-0.2, 0) is 4.79 Å². The molecule has 0 aromatic heterocycles. The predicted octanol–water partition coefficient (Wildman–Crippen LogP) is 1.23. The Kier molecular flexibility index (Phi) is 4.05. The van der Waals surface area contributed by atoms with Crippen LogP contribution in [0.25, 0.3) is 0 Å². The van der Waals surface area contributed by atoms with E-state index in [1.54, 1.807) is 6.07 Å². The lowest BCUT2D eigenvalue weighted by molar-refractivity contribution is -0.127. The molecule has 3 nitrogen and oxygen atoms in total. The summed E-state index contributed by atoms with van der Waals surface area (Å²) in [5.41, 5.74) is 0.132. The average molecular weight is 188 g/mol. The zero-order valence-corrected chi connectivity index (χ0v) is 7.23. The van der Waals surface area contributed by atoms with Crippen molar-refractivity contribution in [1.82, 2.24) is 5.32 Å². The fourth-order valence-electron chi connectivity index (χ4n) is 0.589. The minimum absolute atomic E-state index is 0.0780. The molecule has 0 radical (unpaired) electrons. The second kappa shape index (κ2) is 4.55. The second-order valence-electron chi connectivity index (χ2n) is 2.74. The Morgan fingerprint density at radius 1 is 1.69 bits per heavy atom. The molecule has 0 aliphatic carbocycles. The number of hydrogen-bond donors (Lipinski definition) is 1. The Hall–Kier alpha value is -1.44. The number of rotatable bonds is 4. The molecule has 5 heteroatoms. The maximum Gasteiger partial charge on any atom is 0.254 e. The van der Waals surface area contributed by atoms with Crippen LogP contribution in [0.5, 0.6) is 0 Å². The zero-order chi connectivity index (χ0) is 10.5. The van der Waals surface area contributed by atoms with Gasteiger partial charge in [0.2, 0.25) is 5.91 Å². The third-order valence-corrected chi connectivity index (χ3v) is 1.13. The van der Waals surface area contributed by atoms with Crippen LogP contribution in [0, 0.1) is 11.3 Å². The van der Waals surface area contributed by atoms with Gasteiger partial charge in [-0.25, -0.2) is 8.78 Å². The lowest BCUT2D eigenvalue weighted by Gasteiger charge is -2.09. The van der Waals surface area contributed by atoms with Gasteiger partial charge in [-0.1, -0.05) is 6.58 Å². The quantitative estimate of drug-likeness (QED) is 0.674. The number of amides is 1. The molecular weight excluding hydrogens is 178 g/mol. The topological polar surface area (TPSA) is 52.9 Å². The summed E-state index contributed by atoms with van der Waals surface area (Å²) >= 11 is 0. The number of alkyl halides is 2. The molecule has 0 unspecified atom stereocenters. The molecule has 0 saturated carbocycles. The van der Waals surface area contributed by atoms with Crippen molar-refractivity contribution in [2.24, 2.45) is 0 Å². The zero-order valence-electron chi connectivity index (χ0n) is 7.23. The molecule has 0 aliphatic rings. The SMILES string of the molecule is C=C(C#N)CNC(=O)CC(C)(F)F. The fourth-order valence-corrected chi connectivity index (χ4v) is 0.589. The molecule has 0 aliphatic heterocycles. The van der Waals surface area contributed by atoms with Gasteiger partial charge in [-0.2, -0.15) is 5.26 Å². The molecular formula is C8H10F2N2O. The molecule has 0 fully saturated rings. The third-order valence-electron chi connectivity index (χ3n) is 1.13. The Morgan fingerprint density at radius 2 is 2.23 bits per heavy atom. The van der Waals surface area contributed by atoms with Gasteiger partial charge in [0.05, 0.1) is 19.0 Å². The van der Waals surface area contributed by atoms with E-state index >= 15 is 0 Å². The predicted molar refractivity (Wildman–Crippen MR) is 43.0 cm³/mol. The molecule has 0 rings (SSSR count). The van der Waals surface area contributed by atoms with Gasteiger partial charge in [0.1, 0.15) is 0 Å². The third kappa shape index (κ3) is 6.94. The van der Waals surface area contributed by atoms with E-state index in [-0.39, 0.29) is 12.1 Å². The first-order valence-electron chi connectivity index (χ1n) is 3.57. The summed E-state index contributed by atoms with van der Waals surface area (Å²) in [6.45, 7) is 3.86. The summed E-state index contributed by atoms with van der Waals surface area (Å²) in [7, 11) is 0. The van der Waals surface area contributed by atoms with Crippen LogP contribution in [0.4, 0.5) is 8.78 Å². The van der Waals surface area contributed by atoms with Crippen molar-refractivity contribution in [3.05, 3.63) is 12.2 Å². The molecule has 0 heterocycles. The molecule has 0 bridgehead atoms. The summed E-state index contributed by atoms with van der Waals surface area (Å²) in [6.07, 6.45) is -0.869. The monoisotopic (exact) mass is 188 g/mol. The van der Waals surface area contributed by atoms with Crippen LogP contribution in [0.15, 0.2) is 12.2 Å². The minimum atomic E-state index is -3.02. The maximum atomic E-state index is 12.2. The van der Waals surface area contributed by atoms with Gasteiger partial charge in [-0.15, -0.1) is 0 Å². The summed E-state index contributed by atoms with van der Waals surface area (Å²) in [5, 5.41) is 10.4. The molecule has 0 atom stereocenters. The van der Waals surface area contributed by atoms with Crippen LogP contribution < -0.4 is 5.32 Å². The molecule has 0 aromatic carbocycles. The highest BCUT2D eigenvalue weighted by Gasteiger charge is 2.25. The maximum absolute atomic E-state index is 12.2. The van der Waals surface area contributed by atoms with Crippen molar-refractivity contribution < 1.29 is 13.6 Å². The summed E-state index contributed by atoms with van der Waals surface area (Å²) in [5.74, 6) is -3.80. The van der Waals surface area contributed by atoms with E-state index in [0.717, 1.165) is 0 Å². The molecule has 1 amide bonds. The molecule has 72 valence electrons. The highest BCUT2D eigenvalue weighted by atomic mass is 19.3. The standard InChI is InChI=1S/C8H10F2N2O/c1-6(4-11)5-12-7(13)3-8(2,9)10/h1,3,5H2,2H3,(H,12,13). The van der Waals surface area contributed by atoms with Crippen molar-refractivity contribution in [1.29, 1.82) is 5.26 Å². The highest BCUT2D eigenvalue weighted by molar-refractivity contribution is 5.77. The van der Waals surface area contributed by atoms with Gasteiger partial charge in [-0.05, 0) is 6.92 Å². The lowest BCUT2D eigenvalue weighted by Crippen LogP contribution is -2.30. The normalized spacial score (nSPS) is 10.3. The van der Waals surface area contributed by atoms with Gasteiger partial charge in [-0.3, -0.25) is 4.79 Å². The largest absolute Gasteiger partial charge is 0.351 e. The summed E-state index contributed by atoms with van der Waals surface area (Å²) in [6, 6.07) is 1.69. The van der Waals surface area contributed by atoms with Crippen molar-refractivity contribution >= 4 is 5.91 Å². The Bertz CT molecular complexity index is 250. The number of halogens is 2.